The Labute approximate surface area is 143 Å². The van der Waals surface area contributed by atoms with E-state index >= 15 is 0 Å². The van der Waals surface area contributed by atoms with Crippen LogP contribution in [0.25, 0.3) is 5.65 Å². The van der Waals surface area contributed by atoms with Crippen molar-refractivity contribution in [2.45, 2.75) is 19.6 Å². The molecule has 0 amide bonds. The first-order valence-electron chi connectivity index (χ1n) is 7.91. The van der Waals surface area contributed by atoms with E-state index in [1.54, 1.807) is 28.0 Å². The second-order valence-corrected chi connectivity index (χ2v) is 6.91. The van der Waals surface area contributed by atoms with Crippen molar-refractivity contribution >= 4 is 17.0 Å². The Morgan fingerprint density at radius 2 is 2.33 bits per heavy atom. The quantitative estimate of drug-likeness (QED) is 0.729. The normalized spacial score (nSPS) is 19.0. The Balaban J connectivity index is 1.55. The predicted octanol–water partition coefficient (Wildman–Crippen LogP) is 2.03. The van der Waals surface area contributed by atoms with Gasteiger partial charge in [-0.2, -0.15) is 0 Å². The van der Waals surface area contributed by atoms with E-state index < -0.39 is 0 Å². The van der Waals surface area contributed by atoms with Crippen LogP contribution in [0.5, 0.6) is 0 Å². The first-order chi connectivity index (χ1) is 11.7. The number of aromatic nitrogens is 3. The molecule has 0 radical (unpaired) electrons. The van der Waals surface area contributed by atoms with Gasteiger partial charge in [0.05, 0.1) is 12.3 Å². The number of hydrogen-bond acceptors (Lipinski definition) is 6. The van der Waals surface area contributed by atoms with Crippen molar-refractivity contribution < 1.29 is 4.74 Å². The summed E-state index contributed by atoms with van der Waals surface area (Å²) in [4.78, 5) is 23.6. The molecule has 3 aromatic heterocycles. The van der Waals surface area contributed by atoms with Gasteiger partial charge in [-0.25, -0.2) is 9.97 Å². The molecule has 0 saturated carbocycles. The van der Waals surface area contributed by atoms with Gasteiger partial charge in [0.25, 0.3) is 5.56 Å². The molecule has 4 rings (SSSR count). The number of pyridine rings is 1. The smallest absolute Gasteiger partial charge is 0.258 e. The minimum Gasteiger partial charge on any atom is -0.368 e. The summed E-state index contributed by atoms with van der Waals surface area (Å²) >= 11 is 1.61. The molecule has 1 aliphatic rings. The lowest BCUT2D eigenvalue weighted by Gasteiger charge is -2.31. The van der Waals surface area contributed by atoms with Gasteiger partial charge in [-0.1, -0.05) is 6.07 Å². The Morgan fingerprint density at radius 1 is 1.42 bits per heavy atom. The maximum absolute atomic E-state index is 12.3. The van der Waals surface area contributed by atoms with Crippen LogP contribution in [0.15, 0.2) is 40.8 Å². The average Bonchev–Trinajstić information content (AvgIpc) is 3.10. The molecule has 4 heterocycles. The SMILES string of the molecule is Cc1ccc2nc(CN3CCO[C@H](c4nccs4)C3)cc(=O)n2c1. The maximum Gasteiger partial charge on any atom is 0.258 e. The summed E-state index contributed by atoms with van der Waals surface area (Å²) in [7, 11) is 0. The minimum absolute atomic E-state index is 0.00273. The molecular weight excluding hydrogens is 324 g/mol. The van der Waals surface area contributed by atoms with Gasteiger partial charge in [-0.3, -0.25) is 14.1 Å². The third-order valence-corrected chi connectivity index (χ3v) is 4.99. The van der Waals surface area contributed by atoms with Gasteiger partial charge in [0.1, 0.15) is 16.8 Å². The minimum atomic E-state index is -0.0385. The Bertz CT molecular complexity index is 907. The monoisotopic (exact) mass is 342 g/mol. The van der Waals surface area contributed by atoms with Gasteiger partial charge < -0.3 is 4.74 Å². The van der Waals surface area contributed by atoms with E-state index in [0.29, 0.717) is 18.8 Å². The van der Waals surface area contributed by atoms with Crippen molar-refractivity contribution in [1.82, 2.24) is 19.3 Å². The fourth-order valence-electron chi connectivity index (χ4n) is 2.96. The summed E-state index contributed by atoms with van der Waals surface area (Å²) in [5, 5.41) is 2.97. The van der Waals surface area contributed by atoms with Crippen LogP contribution in [-0.2, 0) is 11.3 Å². The van der Waals surface area contributed by atoms with Crippen molar-refractivity contribution in [1.29, 1.82) is 0 Å². The number of nitrogens with zero attached hydrogens (tertiary/aromatic N) is 4. The average molecular weight is 342 g/mol. The van der Waals surface area contributed by atoms with Gasteiger partial charge in [-0.05, 0) is 18.6 Å². The molecule has 0 spiro atoms. The molecule has 3 aromatic rings. The Kier molecular flexibility index (Phi) is 4.13. The molecular formula is C17H18N4O2S. The molecule has 124 valence electrons. The summed E-state index contributed by atoms with van der Waals surface area (Å²) in [5.74, 6) is 0. The molecule has 1 aliphatic heterocycles. The molecule has 6 nitrogen and oxygen atoms in total. The van der Waals surface area contributed by atoms with E-state index in [2.05, 4.69) is 14.9 Å². The lowest BCUT2D eigenvalue weighted by molar-refractivity contribution is -0.0333. The van der Waals surface area contributed by atoms with Gasteiger partial charge in [0.15, 0.2) is 0 Å². The third kappa shape index (κ3) is 3.10. The fourth-order valence-corrected chi connectivity index (χ4v) is 3.63. The molecule has 1 atom stereocenters. The number of morpholine rings is 1. The highest BCUT2D eigenvalue weighted by Gasteiger charge is 2.24. The Morgan fingerprint density at radius 3 is 3.17 bits per heavy atom. The second kappa shape index (κ2) is 6.43. The van der Waals surface area contributed by atoms with Crippen LogP contribution in [-0.4, -0.2) is 39.0 Å². The van der Waals surface area contributed by atoms with Crippen LogP contribution >= 0.6 is 11.3 Å². The molecule has 0 aromatic carbocycles. The summed E-state index contributed by atoms with van der Waals surface area (Å²) < 4.78 is 7.41. The molecule has 1 fully saturated rings. The van der Waals surface area contributed by atoms with Crippen LogP contribution < -0.4 is 5.56 Å². The van der Waals surface area contributed by atoms with Crippen molar-refractivity contribution in [3.8, 4) is 0 Å². The predicted molar refractivity (Wildman–Crippen MR) is 92.3 cm³/mol. The highest BCUT2D eigenvalue weighted by atomic mass is 32.1. The number of aryl methyl sites for hydroxylation is 1. The van der Waals surface area contributed by atoms with Crippen LogP contribution in [0.4, 0.5) is 0 Å². The number of hydrogen-bond donors (Lipinski definition) is 0. The molecule has 0 unspecified atom stereocenters. The number of thiazole rings is 1. The first-order valence-corrected chi connectivity index (χ1v) is 8.79. The van der Waals surface area contributed by atoms with Gasteiger partial charge in [0, 0.05) is 43.5 Å². The zero-order valence-electron chi connectivity index (χ0n) is 13.4. The van der Waals surface area contributed by atoms with Crippen LogP contribution in [0.1, 0.15) is 22.4 Å². The van der Waals surface area contributed by atoms with E-state index in [4.69, 9.17) is 4.74 Å². The summed E-state index contributed by atoms with van der Waals surface area (Å²) in [6.07, 6.45) is 3.63. The topological polar surface area (TPSA) is 59.7 Å². The Hall–Kier alpha value is -2.09. The first kappa shape index (κ1) is 15.4. The lowest BCUT2D eigenvalue weighted by atomic mass is 10.2. The molecule has 0 bridgehead atoms. The number of rotatable bonds is 3. The van der Waals surface area contributed by atoms with Crippen LogP contribution in [0.3, 0.4) is 0 Å². The van der Waals surface area contributed by atoms with Gasteiger partial charge >= 0.3 is 0 Å². The van der Waals surface area contributed by atoms with E-state index in [1.807, 2.05) is 30.6 Å². The zero-order chi connectivity index (χ0) is 16.5. The third-order valence-electron chi connectivity index (χ3n) is 4.12. The van der Waals surface area contributed by atoms with Crippen molar-refractivity contribution in [3.05, 3.63) is 62.6 Å². The van der Waals surface area contributed by atoms with Crippen LogP contribution in [0.2, 0.25) is 0 Å². The molecule has 1 saturated heterocycles. The number of fused-ring (bicyclic) bond motifs is 1. The van der Waals surface area contributed by atoms with E-state index in [-0.39, 0.29) is 11.7 Å². The highest BCUT2D eigenvalue weighted by Crippen LogP contribution is 2.24. The lowest BCUT2D eigenvalue weighted by Crippen LogP contribution is -2.38. The number of ether oxygens (including phenoxy) is 1. The second-order valence-electron chi connectivity index (χ2n) is 5.99. The van der Waals surface area contributed by atoms with Crippen molar-refractivity contribution in [3.63, 3.8) is 0 Å². The van der Waals surface area contributed by atoms with Gasteiger partial charge in [0.2, 0.25) is 0 Å². The molecule has 7 heteroatoms. The largest absolute Gasteiger partial charge is 0.368 e. The highest BCUT2D eigenvalue weighted by molar-refractivity contribution is 7.09. The van der Waals surface area contributed by atoms with Crippen molar-refractivity contribution in [2.75, 3.05) is 19.7 Å². The summed E-state index contributed by atoms with van der Waals surface area (Å²) in [6.45, 7) is 4.87. The fraction of sp³-hybridized carbons (Fsp3) is 0.353. The van der Waals surface area contributed by atoms with E-state index in [1.165, 1.54) is 0 Å². The van der Waals surface area contributed by atoms with E-state index in [9.17, 15) is 4.79 Å². The maximum atomic E-state index is 12.3. The zero-order valence-corrected chi connectivity index (χ0v) is 14.2. The molecule has 24 heavy (non-hydrogen) atoms. The molecule has 0 N–H and O–H groups in total. The van der Waals surface area contributed by atoms with E-state index in [0.717, 1.165) is 29.4 Å². The summed E-state index contributed by atoms with van der Waals surface area (Å²) in [6, 6.07) is 5.48. The summed E-state index contributed by atoms with van der Waals surface area (Å²) in [5.41, 5.74) is 2.48. The molecule has 0 aliphatic carbocycles. The van der Waals surface area contributed by atoms with Crippen molar-refractivity contribution in [2.24, 2.45) is 0 Å². The standard InChI is InChI=1S/C17H18N4O2S/c1-12-2-3-15-19-13(8-16(22)21(15)9-12)10-20-5-6-23-14(11-20)17-18-4-7-24-17/h2-4,7-9,14H,5-6,10-11H2,1H3/t14-/m0/s1. The van der Waals surface area contributed by atoms with Crippen LogP contribution in [0, 0.1) is 6.92 Å². The van der Waals surface area contributed by atoms with Gasteiger partial charge in [-0.15, -0.1) is 11.3 Å².